The molecule has 0 spiro atoms. The number of imide groups is 1. The van der Waals surface area contributed by atoms with Gasteiger partial charge in [-0.1, -0.05) is 24.3 Å². The van der Waals surface area contributed by atoms with E-state index in [1.165, 1.54) is 11.0 Å². The monoisotopic (exact) mass is 386 g/mol. The molecule has 1 heterocycles. The predicted molar refractivity (Wildman–Crippen MR) is 103 cm³/mol. The molecular weight excluding hydrogens is 364 g/mol. The Morgan fingerprint density at radius 3 is 2.44 bits per heavy atom. The predicted octanol–water partition coefficient (Wildman–Crippen LogP) is 2.26. The third-order valence-corrected chi connectivity index (χ3v) is 6.52. The van der Waals surface area contributed by atoms with E-state index in [4.69, 9.17) is 0 Å². The molecular formula is C20H22N2O4S. The van der Waals surface area contributed by atoms with Crippen LogP contribution in [0.3, 0.4) is 0 Å². The molecule has 5 atom stereocenters. The van der Waals surface area contributed by atoms with Crippen molar-refractivity contribution in [2.75, 3.05) is 17.3 Å². The first-order valence-electron chi connectivity index (χ1n) is 9.16. The highest BCUT2D eigenvalue weighted by molar-refractivity contribution is 7.98. The lowest BCUT2D eigenvalue weighted by atomic mass is 9.85. The van der Waals surface area contributed by atoms with Crippen LogP contribution in [0.2, 0.25) is 0 Å². The smallest absolute Gasteiger partial charge is 0.247 e. The highest BCUT2D eigenvalue weighted by Gasteiger charge is 2.61. The Hall–Kier alpha value is -2.28. The van der Waals surface area contributed by atoms with Crippen LogP contribution in [0, 0.1) is 23.7 Å². The minimum absolute atomic E-state index is 0.0485. The summed E-state index contributed by atoms with van der Waals surface area (Å²) >= 11 is 1.56. The Morgan fingerprint density at radius 2 is 1.85 bits per heavy atom. The topological polar surface area (TPSA) is 86.7 Å². The van der Waals surface area contributed by atoms with E-state index >= 15 is 0 Å². The summed E-state index contributed by atoms with van der Waals surface area (Å²) in [5, 5.41) is 12.6. The molecule has 6 nitrogen and oxygen atoms in total. The average molecular weight is 386 g/mol. The van der Waals surface area contributed by atoms with E-state index < -0.39 is 11.9 Å². The van der Waals surface area contributed by atoms with E-state index in [9.17, 15) is 19.5 Å². The van der Waals surface area contributed by atoms with Crippen molar-refractivity contribution in [2.24, 2.45) is 23.7 Å². The number of anilines is 1. The first-order valence-corrected chi connectivity index (χ1v) is 10.6. The van der Waals surface area contributed by atoms with Gasteiger partial charge in [0.05, 0.1) is 17.5 Å². The summed E-state index contributed by atoms with van der Waals surface area (Å²) in [6, 6.07) is 5.57. The molecule has 4 rings (SSSR count). The van der Waals surface area contributed by atoms with Crippen LogP contribution in [0.1, 0.15) is 12.8 Å². The number of thioether (sulfide) groups is 1. The van der Waals surface area contributed by atoms with E-state index in [2.05, 4.69) is 5.32 Å². The Kier molecular flexibility index (Phi) is 4.72. The number of benzene rings is 1. The molecule has 2 N–H and O–H groups in total. The summed E-state index contributed by atoms with van der Waals surface area (Å²) in [5.41, 5.74) is 0.276. The lowest BCUT2D eigenvalue weighted by Crippen LogP contribution is -2.48. The number of rotatable bonds is 6. The van der Waals surface area contributed by atoms with Gasteiger partial charge in [0.2, 0.25) is 17.7 Å². The van der Waals surface area contributed by atoms with Crippen molar-refractivity contribution in [3.05, 3.63) is 36.4 Å². The number of carbonyl (C=O) groups excluding carboxylic acids is 3. The van der Waals surface area contributed by atoms with E-state index in [0.717, 1.165) is 6.42 Å². The average Bonchev–Trinajstić information content (AvgIpc) is 3.33. The van der Waals surface area contributed by atoms with Crippen molar-refractivity contribution in [3.8, 4) is 5.75 Å². The molecule has 27 heavy (non-hydrogen) atoms. The molecule has 3 amide bonds. The van der Waals surface area contributed by atoms with Crippen LogP contribution in [0.15, 0.2) is 36.4 Å². The third kappa shape index (κ3) is 2.94. The number of phenolic OH excluding ortho intramolecular Hbond substituents is 1. The maximum Gasteiger partial charge on any atom is 0.247 e. The molecule has 142 valence electrons. The number of hydrogen-bond acceptors (Lipinski definition) is 5. The van der Waals surface area contributed by atoms with Crippen LogP contribution in [0.25, 0.3) is 0 Å². The molecule has 5 unspecified atom stereocenters. The van der Waals surface area contributed by atoms with E-state index in [0.29, 0.717) is 12.2 Å². The summed E-state index contributed by atoms with van der Waals surface area (Å²) in [4.78, 5) is 40.3. The summed E-state index contributed by atoms with van der Waals surface area (Å²) in [6.45, 7) is 0. The zero-order valence-corrected chi connectivity index (χ0v) is 15.8. The van der Waals surface area contributed by atoms with Crippen molar-refractivity contribution < 1.29 is 19.5 Å². The zero-order valence-electron chi connectivity index (χ0n) is 15.0. The molecule has 1 saturated carbocycles. The highest BCUT2D eigenvalue weighted by Crippen LogP contribution is 2.53. The number of carbonyl (C=O) groups is 3. The molecule has 1 aromatic carbocycles. The van der Waals surface area contributed by atoms with Crippen LogP contribution >= 0.6 is 11.8 Å². The molecule has 0 aromatic heterocycles. The Balaban J connectivity index is 1.59. The van der Waals surface area contributed by atoms with E-state index in [1.807, 2.05) is 18.4 Å². The highest BCUT2D eigenvalue weighted by atomic mass is 32.2. The maximum atomic E-state index is 13.1. The summed E-state index contributed by atoms with van der Waals surface area (Å²) < 4.78 is 0. The normalized spacial score (nSPS) is 29.3. The van der Waals surface area contributed by atoms with Crippen molar-refractivity contribution in [1.29, 1.82) is 0 Å². The Labute approximate surface area is 162 Å². The first kappa shape index (κ1) is 18.1. The molecule has 1 aromatic rings. The van der Waals surface area contributed by atoms with Crippen molar-refractivity contribution in [2.45, 2.75) is 18.9 Å². The van der Waals surface area contributed by atoms with Gasteiger partial charge in [-0.25, -0.2) is 0 Å². The van der Waals surface area contributed by atoms with Gasteiger partial charge in [0.25, 0.3) is 0 Å². The summed E-state index contributed by atoms with van der Waals surface area (Å²) in [5.74, 6) is -0.686. The summed E-state index contributed by atoms with van der Waals surface area (Å²) in [7, 11) is 0. The maximum absolute atomic E-state index is 13.1. The number of aromatic hydroxyl groups is 1. The number of amides is 3. The molecule has 3 aliphatic rings. The number of nitrogens with one attached hydrogen (secondary N) is 1. The fourth-order valence-corrected chi connectivity index (χ4v) is 5.09. The van der Waals surface area contributed by atoms with Crippen LogP contribution in [-0.2, 0) is 14.4 Å². The molecule has 2 bridgehead atoms. The number of likely N-dealkylation sites (tertiary alicyclic amines) is 1. The standard InChI is InChI=1S/C20H22N2O4S/c1-27-9-8-14(18(24)21-13-4-2-3-5-15(13)23)22-19(25)16-11-6-7-12(10-11)17(16)20(22)26/h2-7,11-12,14,16-17,23H,8-10H2,1H3,(H,21,24). The SMILES string of the molecule is CSCCC(C(=O)Nc1ccccc1O)N1C(=O)C2C3C=CC(C3)C2C1=O. The van der Waals surface area contributed by atoms with E-state index in [1.54, 1.807) is 30.0 Å². The largest absolute Gasteiger partial charge is 0.506 e. The van der Waals surface area contributed by atoms with Crippen LogP contribution in [0.4, 0.5) is 5.69 Å². The number of allylic oxidation sites excluding steroid dienone is 2. The molecule has 2 aliphatic carbocycles. The lowest BCUT2D eigenvalue weighted by Gasteiger charge is -2.27. The van der Waals surface area contributed by atoms with Gasteiger partial charge in [-0.15, -0.1) is 0 Å². The van der Waals surface area contributed by atoms with Crippen LogP contribution in [0.5, 0.6) is 5.75 Å². The second-order valence-electron chi connectivity index (χ2n) is 7.35. The van der Waals surface area contributed by atoms with Gasteiger partial charge in [-0.3, -0.25) is 19.3 Å². The van der Waals surface area contributed by atoms with Gasteiger partial charge in [-0.05, 0) is 48.8 Å². The Bertz CT molecular complexity index is 794. The van der Waals surface area contributed by atoms with Gasteiger partial charge in [-0.2, -0.15) is 11.8 Å². The van der Waals surface area contributed by atoms with Gasteiger partial charge in [0, 0.05) is 0 Å². The fraction of sp³-hybridized carbons (Fsp3) is 0.450. The third-order valence-electron chi connectivity index (χ3n) is 5.88. The number of fused-ring (bicyclic) bond motifs is 5. The van der Waals surface area contributed by atoms with Gasteiger partial charge in [0.1, 0.15) is 11.8 Å². The molecule has 1 aliphatic heterocycles. The number of hydrogen-bond donors (Lipinski definition) is 2. The van der Waals surface area contributed by atoms with Gasteiger partial charge < -0.3 is 10.4 Å². The van der Waals surface area contributed by atoms with Crippen molar-refractivity contribution in [1.82, 2.24) is 4.90 Å². The second kappa shape index (κ2) is 7.03. The minimum atomic E-state index is -0.859. The number of phenols is 1. The zero-order chi connectivity index (χ0) is 19.1. The van der Waals surface area contributed by atoms with Crippen LogP contribution in [-0.4, -0.2) is 45.8 Å². The Morgan fingerprint density at radius 1 is 1.22 bits per heavy atom. The van der Waals surface area contributed by atoms with Crippen LogP contribution < -0.4 is 5.32 Å². The number of nitrogens with zero attached hydrogens (tertiary/aromatic N) is 1. The molecule has 1 saturated heterocycles. The van der Waals surface area contributed by atoms with Gasteiger partial charge in [0.15, 0.2) is 0 Å². The van der Waals surface area contributed by atoms with Gasteiger partial charge >= 0.3 is 0 Å². The fourth-order valence-electron chi connectivity index (χ4n) is 4.63. The lowest BCUT2D eigenvalue weighted by molar-refractivity contribution is -0.147. The van der Waals surface area contributed by atoms with E-state index in [-0.39, 0.29) is 46.9 Å². The first-order chi connectivity index (χ1) is 13.0. The molecule has 7 heteroatoms. The van der Waals surface area contributed by atoms with Crippen molar-refractivity contribution >= 4 is 35.2 Å². The minimum Gasteiger partial charge on any atom is -0.506 e. The summed E-state index contributed by atoms with van der Waals surface area (Å²) in [6.07, 6.45) is 7.25. The molecule has 0 radical (unpaired) electrons. The quantitative estimate of drug-likeness (QED) is 0.445. The van der Waals surface area contributed by atoms with Crippen molar-refractivity contribution in [3.63, 3.8) is 0 Å². The number of para-hydroxylation sites is 2. The second-order valence-corrected chi connectivity index (χ2v) is 8.34. The molecule has 2 fully saturated rings.